The van der Waals surface area contributed by atoms with Gasteiger partial charge in [0, 0.05) is 11.9 Å². The predicted octanol–water partition coefficient (Wildman–Crippen LogP) is 2.63. The van der Waals surface area contributed by atoms with E-state index in [9.17, 15) is 9.59 Å². The minimum atomic E-state index is -0.252. The molecule has 29 heavy (non-hydrogen) atoms. The van der Waals surface area contributed by atoms with Gasteiger partial charge < -0.3 is 14.4 Å². The molecule has 0 saturated heterocycles. The molecule has 2 aromatic carbocycles. The summed E-state index contributed by atoms with van der Waals surface area (Å²) in [6.45, 7) is 2.63. The van der Waals surface area contributed by atoms with E-state index < -0.39 is 0 Å². The molecule has 1 aliphatic rings. The van der Waals surface area contributed by atoms with Gasteiger partial charge in [-0.05, 0) is 42.7 Å². The van der Waals surface area contributed by atoms with Crippen LogP contribution in [0.4, 0.5) is 0 Å². The number of carbonyl (C=O) groups is 1. The number of methoxy groups -OCH3 is 2. The summed E-state index contributed by atoms with van der Waals surface area (Å²) < 4.78 is 10.8. The average Bonchev–Trinajstić information content (AvgIpc) is 2.75. The fraction of sp³-hybridized carbons (Fsp3) is 0.318. The molecule has 1 aliphatic heterocycles. The summed E-state index contributed by atoms with van der Waals surface area (Å²) in [5.74, 6) is 1.32. The van der Waals surface area contributed by atoms with E-state index in [1.54, 1.807) is 26.4 Å². The van der Waals surface area contributed by atoms with Gasteiger partial charge in [-0.3, -0.25) is 9.59 Å². The van der Waals surface area contributed by atoms with Crippen molar-refractivity contribution in [2.45, 2.75) is 25.8 Å². The Morgan fingerprint density at radius 3 is 2.59 bits per heavy atom. The molecule has 3 aromatic rings. The van der Waals surface area contributed by atoms with Crippen molar-refractivity contribution in [3.8, 4) is 11.5 Å². The highest BCUT2D eigenvalue weighted by atomic mass is 16.5. The van der Waals surface area contributed by atoms with Gasteiger partial charge in [0.15, 0.2) is 11.5 Å². The number of hydrogen-bond donors (Lipinski definition) is 1. The molecule has 7 nitrogen and oxygen atoms in total. The van der Waals surface area contributed by atoms with Gasteiger partial charge in [0.05, 0.1) is 37.8 Å². The number of nitrogens with zero attached hydrogens (tertiary/aromatic N) is 2. The van der Waals surface area contributed by atoms with Gasteiger partial charge in [0.25, 0.3) is 5.56 Å². The van der Waals surface area contributed by atoms with Crippen LogP contribution in [0.1, 0.15) is 29.8 Å². The number of benzene rings is 2. The third kappa shape index (κ3) is 3.33. The molecule has 1 aromatic heterocycles. The molecule has 0 radical (unpaired) electrons. The summed E-state index contributed by atoms with van der Waals surface area (Å²) in [6, 6.07) is 11.1. The Bertz CT molecular complexity index is 1140. The second-order valence-corrected chi connectivity index (χ2v) is 7.14. The number of ether oxygens (including phenoxy) is 2. The number of amides is 1. The van der Waals surface area contributed by atoms with Crippen molar-refractivity contribution in [3.05, 3.63) is 63.6 Å². The molecule has 1 unspecified atom stereocenters. The minimum absolute atomic E-state index is 0.0253. The lowest BCUT2D eigenvalue weighted by Gasteiger charge is -2.36. The Balaban J connectivity index is 1.63. The zero-order valence-electron chi connectivity index (χ0n) is 16.7. The monoisotopic (exact) mass is 393 g/mol. The first-order valence-corrected chi connectivity index (χ1v) is 9.54. The molecule has 1 atom stereocenters. The second-order valence-electron chi connectivity index (χ2n) is 7.14. The van der Waals surface area contributed by atoms with E-state index in [-0.39, 0.29) is 23.9 Å². The van der Waals surface area contributed by atoms with Crippen LogP contribution in [0.2, 0.25) is 0 Å². The van der Waals surface area contributed by atoms with Crippen LogP contribution in [0.5, 0.6) is 11.5 Å². The van der Waals surface area contributed by atoms with E-state index in [2.05, 4.69) is 10.2 Å². The van der Waals surface area contributed by atoms with E-state index in [1.807, 2.05) is 36.1 Å². The zero-order chi connectivity index (χ0) is 20.5. The Kier molecular flexibility index (Phi) is 4.96. The molecular weight excluding hydrogens is 370 g/mol. The summed E-state index contributed by atoms with van der Waals surface area (Å²) in [7, 11) is 3.22. The van der Waals surface area contributed by atoms with Crippen molar-refractivity contribution in [3.63, 3.8) is 0 Å². The maximum atomic E-state index is 13.1. The Morgan fingerprint density at radius 1 is 1.17 bits per heavy atom. The third-order valence-electron chi connectivity index (χ3n) is 5.60. The molecule has 0 bridgehead atoms. The fourth-order valence-corrected chi connectivity index (χ4v) is 4.04. The van der Waals surface area contributed by atoms with Crippen molar-refractivity contribution in [2.75, 3.05) is 20.8 Å². The molecule has 0 aliphatic carbocycles. The lowest BCUT2D eigenvalue weighted by Crippen LogP contribution is -2.40. The summed E-state index contributed by atoms with van der Waals surface area (Å²) >= 11 is 0. The van der Waals surface area contributed by atoms with Gasteiger partial charge in [0.2, 0.25) is 5.91 Å². The lowest BCUT2D eigenvalue weighted by atomic mass is 9.92. The minimum Gasteiger partial charge on any atom is -0.493 e. The van der Waals surface area contributed by atoms with E-state index in [1.165, 1.54) is 0 Å². The van der Waals surface area contributed by atoms with Gasteiger partial charge >= 0.3 is 0 Å². The maximum absolute atomic E-state index is 13.1. The first-order chi connectivity index (χ1) is 14.0. The van der Waals surface area contributed by atoms with Crippen molar-refractivity contribution >= 4 is 16.7 Å². The van der Waals surface area contributed by atoms with Crippen LogP contribution >= 0.6 is 0 Å². The van der Waals surface area contributed by atoms with Crippen LogP contribution in [0.15, 0.2) is 41.2 Å². The summed E-state index contributed by atoms with van der Waals surface area (Å²) in [4.78, 5) is 27.0. The highest BCUT2D eigenvalue weighted by Crippen LogP contribution is 2.38. The van der Waals surface area contributed by atoms with E-state index >= 15 is 0 Å². The van der Waals surface area contributed by atoms with Gasteiger partial charge in [0.1, 0.15) is 0 Å². The summed E-state index contributed by atoms with van der Waals surface area (Å²) in [5.41, 5.74) is 2.54. The second kappa shape index (κ2) is 7.58. The van der Waals surface area contributed by atoms with Crippen molar-refractivity contribution < 1.29 is 14.3 Å². The van der Waals surface area contributed by atoms with E-state index in [4.69, 9.17) is 9.47 Å². The number of aromatic amines is 1. The van der Waals surface area contributed by atoms with Crippen LogP contribution < -0.4 is 15.0 Å². The Morgan fingerprint density at radius 2 is 1.86 bits per heavy atom. The number of hydrogen-bond acceptors (Lipinski definition) is 5. The molecule has 0 saturated carbocycles. The molecule has 7 heteroatoms. The summed E-state index contributed by atoms with van der Waals surface area (Å²) in [6.07, 6.45) is 0.871. The maximum Gasteiger partial charge on any atom is 0.272 e. The van der Waals surface area contributed by atoms with Crippen molar-refractivity contribution in [1.29, 1.82) is 0 Å². The van der Waals surface area contributed by atoms with Crippen LogP contribution in [-0.4, -0.2) is 41.8 Å². The molecule has 2 heterocycles. The number of fused-ring (bicyclic) bond motifs is 2. The van der Waals surface area contributed by atoms with Crippen LogP contribution in [0.25, 0.3) is 10.8 Å². The number of nitrogens with one attached hydrogen (secondary N) is 1. The quantitative estimate of drug-likeness (QED) is 0.737. The molecule has 0 fully saturated rings. The highest BCUT2D eigenvalue weighted by molar-refractivity contribution is 5.88. The van der Waals surface area contributed by atoms with Crippen LogP contribution in [0, 0.1) is 0 Å². The smallest absolute Gasteiger partial charge is 0.272 e. The lowest BCUT2D eigenvalue weighted by molar-refractivity contribution is -0.133. The van der Waals surface area contributed by atoms with Gasteiger partial charge in [-0.2, -0.15) is 5.10 Å². The average molecular weight is 393 g/mol. The summed E-state index contributed by atoms with van der Waals surface area (Å²) in [5, 5.41) is 7.89. The SMILES string of the molecule is COc1cc2c(cc1OC)C(C)N(C(=O)Cc1n[nH]c(=O)c3ccccc13)CC2. The van der Waals surface area contributed by atoms with Crippen LogP contribution in [-0.2, 0) is 17.6 Å². The molecule has 1 N–H and O–H groups in total. The van der Waals surface area contributed by atoms with Gasteiger partial charge in [-0.15, -0.1) is 0 Å². The first kappa shape index (κ1) is 19.0. The normalized spacial score (nSPS) is 15.8. The number of aromatic nitrogens is 2. The molecular formula is C22H23N3O4. The highest BCUT2D eigenvalue weighted by Gasteiger charge is 2.29. The Hall–Kier alpha value is -3.35. The Labute approximate surface area is 168 Å². The number of rotatable bonds is 4. The topological polar surface area (TPSA) is 84.5 Å². The van der Waals surface area contributed by atoms with Crippen molar-refractivity contribution in [2.24, 2.45) is 0 Å². The van der Waals surface area contributed by atoms with E-state index in [0.717, 1.165) is 17.5 Å². The first-order valence-electron chi connectivity index (χ1n) is 9.54. The fourth-order valence-electron chi connectivity index (χ4n) is 4.04. The van der Waals surface area contributed by atoms with Crippen molar-refractivity contribution in [1.82, 2.24) is 15.1 Å². The number of H-pyrrole nitrogens is 1. The largest absolute Gasteiger partial charge is 0.493 e. The standard InChI is InChI=1S/C22H23N3O4/c1-13-17-11-20(29-3)19(28-2)10-14(17)8-9-25(13)21(26)12-18-15-6-4-5-7-16(15)22(27)24-23-18/h4-7,10-11,13H,8-9,12H2,1-3H3,(H,24,27). The van der Waals surface area contributed by atoms with Gasteiger partial charge in [-0.1, -0.05) is 18.2 Å². The molecule has 4 rings (SSSR count). The third-order valence-corrected chi connectivity index (χ3v) is 5.60. The van der Waals surface area contributed by atoms with E-state index in [0.29, 0.717) is 34.5 Å². The number of carbonyl (C=O) groups excluding carboxylic acids is 1. The zero-order valence-corrected chi connectivity index (χ0v) is 16.7. The van der Waals surface area contributed by atoms with Crippen LogP contribution in [0.3, 0.4) is 0 Å². The molecule has 0 spiro atoms. The molecule has 1 amide bonds. The molecule has 150 valence electrons. The predicted molar refractivity (Wildman–Crippen MR) is 109 cm³/mol. The van der Waals surface area contributed by atoms with Gasteiger partial charge in [-0.25, -0.2) is 5.10 Å².